The molecule has 0 saturated heterocycles. The molecule has 0 aliphatic carbocycles. The molecule has 1 heteroatoms. The Hall–Kier alpha value is -0.300. The summed E-state index contributed by atoms with van der Waals surface area (Å²) in [4.78, 5) is 0. The minimum absolute atomic E-state index is 0.446. The van der Waals surface area contributed by atoms with Gasteiger partial charge in [0.05, 0.1) is 5.60 Å². The van der Waals surface area contributed by atoms with Crippen molar-refractivity contribution in [1.82, 2.24) is 0 Å². The molecule has 2 atom stereocenters. The van der Waals surface area contributed by atoms with Crippen LogP contribution in [-0.4, -0.2) is 10.7 Å². The molecule has 0 aromatic rings. The summed E-state index contributed by atoms with van der Waals surface area (Å²) in [7, 11) is 0. The Bertz CT molecular complexity index is 228. The summed E-state index contributed by atoms with van der Waals surface area (Å²) in [5.74, 6) is 1.53. The van der Waals surface area contributed by atoms with Crippen LogP contribution in [0.25, 0.3) is 0 Å². The number of rotatable bonds is 11. The molecule has 0 aliphatic rings. The molecule has 0 radical (unpaired) electrons. The molecule has 0 aromatic carbocycles. The van der Waals surface area contributed by atoms with Crippen molar-refractivity contribution in [2.75, 3.05) is 0 Å². The molecule has 1 N–H and O–H groups in total. The molecule has 0 aliphatic heterocycles. The maximum absolute atomic E-state index is 10.3. The minimum atomic E-state index is -0.446. The smallest absolute Gasteiger partial charge is 0.0619 e. The van der Waals surface area contributed by atoms with Gasteiger partial charge in [-0.05, 0) is 51.4 Å². The third kappa shape index (κ3) is 12.5. The molecule has 19 heavy (non-hydrogen) atoms. The number of aliphatic hydroxyl groups is 1. The van der Waals surface area contributed by atoms with Gasteiger partial charge in [0.2, 0.25) is 0 Å². The fourth-order valence-electron chi connectivity index (χ4n) is 2.54. The number of allylic oxidation sites excluding steroid dienone is 2. The van der Waals surface area contributed by atoms with E-state index >= 15 is 0 Å². The van der Waals surface area contributed by atoms with E-state index < -0.39 is 5.60 Å². The number of hydrogen-bond donors (Lipinski definition) is 1. The van der Waals surface area contributed by atoms with Gasteiger partial charge in [-0.2, -0.15) is 0 Å². The predicted octanol–water partition coefficient (Wildman–Crippen LogP) is 5.73. The van der Waals surface area contributed by atoms with Crippen LogP contribution in [0.4, 0.5) is 0 Å². The van der Waals surface area contributed by atoms with Gasteiger partial charge in [-0.1, -0.05) is 58.6 Å². The van der Waals surface area contributed by atoms with Gasteiger partial charge >= 0.3 is 0 Å². The molecular weight excluding hydrogens is 232 g/mol. The Morgan fingerprint density at radius 3 is 2.11 bits per heavy atom. The van der Waals surface area contributed by atoms with Crippen LogP contribution in [0.2, 0.25) is 0 Å². The van der Waals surface area contributed by atoms with Crippen LogP contribution in [0.5, 0.6) is 0 Å². The molecule has 0 saturated carbocycles. The quantitative estimate of drug-likeness (QED) is 0.475. The van der Waals surface area contributed by atoms with Gasteiger partial charge < -0.3 is 5.11 Å². The highest BCUT2D eigenvalue weighted by atomic mass is 16.3. The van der Waals surface area contributed by atoms with Gasteiger partial charge in [-0.3, -0.25) is 0 Å². The van der Waals surface area contributed by atoms with E-state index in [-0.39, 0.29) is 0 Å². The van der Waals surface area contributed by atoms with Crippen molar-refractivity contribution in [2.24, 2.45) is 11.8 Å². The summed E-state index contributed by atoms with van der Waals surface area (Å²) in [6.07, 6.45) is 13.6. The van der Waals surface area contributed by atoms with Gasteiger partial charge in [-0.15, -0.1) is 0 Å². The standard InChI is InChI=1S/C18H36O/c1-6-7-8-12-17(4)13-10-15-18(5,19)14-9-11-16(2)3/h6-7,16-17,19H,8-15H2,1-5H3/b7-6-. The lowest BCUT2D eigenvalue weighted by molar-refractivity contribution is 0.0351. The first-order chi connectivity index (χ1) is 8.87. The van der Waals surface area contributed by atoms with Crippen molar-refractivity contribution in [3.05, 3.63) is 12.2 Å². The molecule has 0 heterocycles. The van der Waals surface area contributed by atoms with E-state index in [0.717, 1.165) is 37.5 Å². The van der Waals surface area contributed by atoms with Crippen molar-refractivity contribution < 1.29 is 5.11 Å². The topological polar surface area (TPSA) is 20.2 Å². The minimum Gasteiger partial charge on any atom is -0.390 e. The van der Waals surface area contributed by atoms with Gasteiger partial charge in [-0.25, -0.2) is 0 Å². The molecule has 2 unspecified atom stereocenters. The summed E-state index contributed by atoms with van der Waals surface area (Å²) < 4.78 is 0. The second-order valence-electron chi connectivity index (χ2n) is 6.93. The van der Waals surface area contributed by atoms with Gasteiger partial charge in [0.15, 0.2) is 0 Å². The van der Waals surface area contributed by atoms with E-state index in [9.17, 15) is 5.11 Å². The normalized spacial score (nSPS) is 17.0. The summed E-state index contributed by atoms with van der Waals surface area (Å²) >= 11 is 0. The van der Waals surface area contributed by atoms with Crippen LogP contribution < -0.4 is 0 Å². The molecule has 114 valence electrons. The van der Waals surface area contributed by atoms with Crippen LogP contribution >= 0.6 is 0 Å². The van der Waals surface area contributed by atoms with E-state index in [1.165, 1.54) is 25.7 Å². The zero-order valence-corrected chi connectivity index (χ0v) is 13.9. The first-order valence-corrected chi connectivity index (χ1v) is 8.21. The summed E-state index contributed by atoms with van der Waals surface area (Å²) in [5, 5.41) is 10.3. The average molecular weight is 268 g/mol. The first-order valence-electron chi connectivity index (χ1n) is 8.21. The van der Waals surface area contributed by atoms with Gasteiger partial charge in [0.25, 0.3) is 0 Å². The Morgan fingerprint density at radius 2 is 1.58 bits per heavy atom. The average Bonchev–Trinajstić information content (AvgIpc) is 2.28. The van der Waals surface area contributed by atoms with E-state index in [4.69, 9.17) is 0 Å². The molecule has 0 fully saturated rings. The lowest BCUT2D eigenvalue weighted by atomic mass is 9.89. The molecule has 0 bridgehead atoms. The second-order valence-corrected chi connectivity index (χ2v) is 6.93. The third-order valence-electron chi connectivity index (χ3n) is 3.97. The maximum atomic E-state index is 10.3. The lowest BCUT2D eigenvalue weighted by Crippen LogP contribution is -2.24. The first kappa shape index (κ1) is 18.7. The predicted molar refractivity (Wildman–Crippen MR) is 86.4 cm³/mol. The lowest BCUT2D eigenvalue weighted by Gasteiger charge is -2.24. The Balaban J connectivity index is 3.66. The highest BCUT2D eigenvalue weighted by Crippen LogP contribution is 2.24. The van der Waals surface area contributed by atoms with Crippen LogP contribution in [0.1, 0.15) is 86.0 Å². The van der Waals surface area contributed by atoms with E-state index in [2.05, 4.69) is 39.8 Å². The number of hydrogen-bond acceptors (Lipinski definition) is 1. The zero-order chi connectivity index (χ0) is 14.7. The fraction of sp³-hybridized carbons (Fsp3) is 0.889. The highest BCUT2D eigenvalue weighted by molar-refractivity contribution is 4.78. The van der Waals surface area contributed by atoms with Crippen LogP contribution in [0.15, 0.2) is 12.2 Å². The third-order valence-corrected chi connectivity index (χ3v) is 3.97. The summed E-state index contributed by atoms with van der Waals surface area (Å²) in [6.45, 7) is 10.9. The summed E-state index contributed by atoms with van der Waals surface area (Å²) in [6, 6.07) is 0. The van der Waals surface area contributed by atoms with Crippen molar-refractivity contribution in [1.29, 1.82) is 0 Å². The van der Waals surface area contributed by atoms with Crippen LogP contribution in [0, 0.1) is 11.8 Å². The molecule has 0 spiro atoms. The molecular formula is C18H36O. The maximum Gasteiger partial charge on any atom is 0.0619 e. The van der Waals surface area contributed by atoms with Gasteiger partial charge in [0, 0.05) is 0 Å². The largest absolute Gasteiger partial charge is 0.390 e. The monoisotopic (exact) mass is 268 g/mol. The van der Waals surface area contributed by atoms with Crippen molar-refractivity contribution >= 4 is 0 Å². The van der Waals surface area contributed by atoms with Crippen molar-refractivity contribution in [3.63, 3.8) is 0 Å². The van der Waals surface area contributed by atoms with E-state index in [1.807, 2.05) is 6.92 Å². The van der Waals surface area contributed by atoms with Crippen molar-refractivity contribution in [2.45, 2.75) is 91.6 Å². The highest BCUT2D eigenvalue weighted by Gasteiger charge is 2.19. The Morgan fingerprint density at radius 1 is 1.00 bits per heavy atom. The fourth-order valence-corrected chi connectivity index (χ4v) is 2.54. The van der Waals surface area contributed by atoms with E-state index in [1.54, 1.807) is 0 Å². The molecule has 1 nitrogen and oxygen atoms in total. The van der Waals surface area contributed by atoms with E-state index in [0.29, 0.717) is 0 Å². The van der Waals surface area contributed by atoms with Crippen LogP contribution in [0.3, 0.4) is 0 Å². The SMILES string of the molecule is C/C=C\CCC(C)CCCC(C)(O)CCCC(C)C. The van der Waals surface area contributed by atoms with Crippen LogP contribution in [-0.2, 0) is 0 Å². The molecule has 0 aromatic heterocycles. The zero-order valence-electron chi connectivity index (χ0n) is 13.9. The molecule has 0 amide bonds. The summed E-state index contributed by atoms with van der Waals surface area (Å²) in [5.41, 5.74) is -0.446. The molecule has 0 rings (SSSR count). The Kier molecular flexibility index (Phi) is 10.3. The van der Waals surface area contributed by atoms with Gasteiger partial charge in [0.1, 0.15) is 0 Å². The second kappa shape index (κ2) is 10.5. The Labute approximate surface area is 121 Å². The van der Waals surface area contributed by atoms with Crippen molar-refractivity contribution in [3.8, 4) is 0 Å².